The third kappa shape index (κ3) is 2.05. The van der Waals surface area contributed by atoms with Gasteiger partial charge in [0.2, 0.25) is 0 Å². The molecular formula is C10H10O6. The molecule has 0 atom stereocenters. The van der Waals surface area contributed by atoms with Gasteiger partial charge >= 0.3 is 5.97 Å². The predicted octanol–water partition coefficient (Wildman–Crippen LogP) is 0.677. The normalized spacial score (nSPS) is 9.62. The van der Waals surface area contributed by atoms with Crippen molar-refractivity contribution in [3.05, 3.63) is 17.7 Å². The predicted molar refractivity (Wildman–Crippen MR) is 53.2 cm³/mol. The summed E-state index contributed by atoms with van der Waals surface area (Å²) in [6.07, 6.45) is 0. The van der Waals surface area contributed by atoms with Crippen molar-refractivity contribution in [2.45, 2.75) is 0 Å². The molecule has 0 unspecified atom stereocenters. The van der Waals surface area contributed by atoms with E-state index in [2.05, 4.69) is 0 Å². The maximum absolute atomic E-state index is 11.3. The number of phenols is 1. The minimum atomic E-state index is -1.61. The van der Waals surface area contributed by atoms with Gasteiger partial charge in [-0.2, -0.15) is 0 Å². The Morgan fingerprint density at radius 1 is 1.12 bits per heavy atom. The number of methoxy groups -OCH3 is 2. The zero-order valence-corrected chi connectivity index (χ0v) is 8.68. The lowest BCUT2D eigenvalue weighted by Crippen LogP contribution is -2.14. The number of ketones is 1. The number of hydrogen-bond acceptors (Lipinski definition) is 5. The highest BCUT2D eigenvalue weighted by molar-refractivity contribution is 6.40. The summed E-state index contributed by atoms with van der Waals surface area (Å²) >= 11 is 0. The van der Waals surface area contributed by atoms with E-state index in [0.717, 1.165) is 12.1 Å². The molecule has 1 aromatic rings. The molecule has 6 nitrogen and oxygen atoms in total. The molecular weight excluding hydrogens is 216 g/mol. The van der Waals surface area contributed by atoms with E-state index in [-0.39, 0.29) is 22.8 Å². The Balaban J connectivity index is 3.35. The molecule has 0 bridgehead atoms. The van der Waals surface area contributed by atoms with Crippen LogP contribution >= 0.6 is 0 Å². The largest absolute Gasteiger partial charge is 0.504 e. The summed E-state index contributed by atoms with van der Waals surface area (Å²) in [5, 5.41) is 18.0. The molecule has 0 fully saturated rings. The third-order valence-corrected chi connectivity index (χ3v) is 1.94. The highest BCUT2D eigenvalue weighted by Gasteiger charge is 2.22. The number of carbonyl (C=O) groups excluding carboxylic acids is 1. The topological polar surface area (TPSA) is 93.1 Å². The second kappa shape index (κ2) is 4.52. The first-order chi connectivity index (χ1) is 7.51. The van der Waals surface area contributed by atoms with Gasteiger partial charge in [-0.05, 0) is 6.07 Å². The fraction of sp³-hybridized carbons (Fsp3) is 0.200. The zero-order chi connectivity index (χ0) is 12.3. The quantitative estimate of drug-likeness (QED) is 0.579. The van der Waals surface area contributed by atoms with Crippen LogP contribution in [0.3, 0.4) is 0 Å². The van der Waals surface area contributed by atoms with Crippen LogP contribution in [0.2, 0.25) is 0 Å². The van der Waals surface area contributed by atoms with Crippen molar-refractivity contribution in [3.8, 4) is 17.2 Å². The number of carboxylic acids is 1. The smallest absolute Gasteiger partial charge is 0.377 e. The van der Waals surface area contributed by atoms with Gasteiger partial charge in [-0.3, -0.25) is 4.79 Å². The molecule has 0 spiro atoms. The maximum Gasteiger partial charge on any atom is 0.377 e. The molecule has 0 aliphatic rings. The molecule has 6 heteroatoms. The SMILES string of the molecule is COc1cc(C(=O)C(=O)O)c(OC)cc1O. The zero-order valence-electron chi connectivity index (χ0n) is 8.68. The number of aliphatic carboxylic acids is 1. The number of carboxylic acid groups (broad SMARTS) is 1. The minimum Gasteiger partial charge on any atom is -0.504 e. The Morgan fingerprint density at radius 2 is 1.69 bits per heavy atom. The van der Waals surface area contributed by atoms with Crippen LogP contribution in [0.15, 0.2) is 12.1 Å². The number of phenolic OH excluding ortho intramolecular Hbond substituents is 1. The van der Waals surface area contributed by atoms with Crippen LogP contribution in [0.1, 0.15) is 10.4 Å². The molecule has 1 aromatic carbocycles. The van der Waals surface area contributed by atoms with Crippen LogP contribution in [-0.4, -0.2) is 36.2 Å². The molecule has 0 amide bonds. The van der Waals surface area contributed by atoms with E-state index in [1.54, 1.807) is 0 Å². The molecule has 1 rings (SSSR count). The van der Waals surface area contributed by atoms with E-state index >= 15 is 0 Å². The summed E-state index contributed by atoms with van der Waals surface area (Å²) in [7, 11) is 2.55. The van der Waals surface area contributed by atoms with Gasteiger partial charge in [-0.1, -0.05) is 0 Å². The molecule has 0 aliphatic heterocycles. The van der Waals surface area contributed by atoms with Crippen molar-refractivity contribution < 1.29 is 29.3 Å². The molecule has 0 radical (unpaired) electrons. The van der Waals surface area contributed by atoms with Crippen LogP contribution in [-0.2, 0) is 4.79 Å². The molecule has 16 heavy (non-hydrogen) atoms. The first-order valence-corrected chi connectivity index (χ1v) is 4.23. The maximum atomic E-state index is 11.3. The van der Waals surface area contributed by atoms with Crippen molar-refractivity contribution >= 4 is 11.8 Å². The van der Waals surface area contributed by atoms with Gasteiger partial charge in [0.1, 0.15) is 5.75 Å². The first-order valence-electron chi connectivity index (χ1n) is 4.23. The highest BCUT2D eigenvalue weighted by Crippen LogP contribution is 2.33. The standard InChI is InChI=1S/C10H10O6/c1-15-7-4-6(11)8(16-2)3-5(7)9(12)10(13)14/h3-4,11H,1-2H3,(H,13,14). The van der Waals surface area contributed by atoms with Crippen molar-refractivity contribution in [2.24, 2.45) is 0 Å². The lowest BCUT2D eigenvalue weighted by molar-refractivity contribution is -0.131. The summed E-state index contributed by atoms with van der Waals surface area (Å²) in [6.45, 7) is 0. The van der Waals surface area contributed by atoms with E-state index in [1.807, 2.05) is 0 Å². The van der Waals surface area contributed by atoms with Gasteiger partial charge in [0.25, 0.3) is 5.78 Å². The van der Waals surface area contributed by atoms with Crippen LogP contribution in [0.5, 0.6) is 17.2 Å². The van der Waals surface area contributed by atoms with E-state index in [9.17, 15) is 14.7 Å². The van der Waals surface area contributed by atoms with Crippen molar-refractivity contribution in [2.75, 3.05) is 14.2 Å². The Hall–Kier alpha value is -2.24. The second-order valence-corrected chi connectivity index (χ2v) is 2.86. The number of ether oxygens (including phenoxy) is 2. The lowest BCUT2D eigenvalue weighted by Gasteiger charge is -2.09. The van der Waals surface area contributed by atoms with Crippen molar-refractivity contribution in [1.29, 1.82) is 0 Å². The van der Waals surface area contributed by atoms with Crippen molar-refractivity contribution in [1.82, 2.24) is 0 Å². The van der Waals surface area contributed by atoms with Gasteiger partial charge in [-0.15, -0.1) is 0 Å². The number of aromatic hydroxyl groups is 1. The van der Waals surface area contributed by atoms with Gasteiger partial charge in [0.15, 0.2) is 11.5 Å². The average Bonchev–Trinajstić information content (AvgIpc) is 2.27. The number of hydrogen-bond donors (Lipinski definition) is 2. The Bertz CT molecular complexity index is 437. The lowest BCUT2D eigenvalue weighted by atomic mass is 10.1. The summed E-state index contributed by atoms with van der Waals surface area (Å²) < 4.78 is 9.56. The molecule has 2 N–H and O–H groups in total. The molecule has 0 saturated heterocycles. The van der Waals surface area contributed by atoms with Crippen LogP contribution < -0.4 is 9.47 Å². The summed E-state index contributed by atoms with van der Waals surface area (Å²) in [4.78, 5) is 21.8. The number of rotatable bonds is 4. The first kappa shape index (κ1) is 11.8. The van der Waals surface area contributed by atoms with Crippen LogP contribution in [0, 0.1) is 0 Å². The Labute approximate surface area is 91.0 Å². The average molecular weight is 226 g/mol. The van der Waals surface area contributed by atoms with Gasteiger partial charge in [0, 0.05) is 6.07 Å². The number of Topliss-reactive ketones (excluding diaryl/α,β-unsaturated/α-hetero) is 1. The fourth-order valence-electron chi connectivity index (χ4n) is 1.17. The fourth-order valence-corrected chi connectivity index (χ4v) is 1.17. The summed E-state index contributed by atoms with van der Waals surface area (Å²) in [5.41, 5.74) is -0.176. The van der Waals surface area contributed by atoms with E-state index < -0.39 is 11.8 Å². The van der Waals surface area contributed by atoms with Gasteiger partial charge in [-0.25, -0.2) is 4.79 Å². The van der Waals surface area contributed by atoms with Crippen LogP contribution in [0.25, 0.3) is 0 Å². The molecule has 0 saturated carbocycles. The molecule has 0 aliphatic carbocycles. The summed E-state index contributed by atoms with van der Waals surface area (Å²) in [6, 6.07) is 2.24. The minimum absolute atomic E-state index is 0.00500. The van der Waals surface area contributed by atoms with E-state index in [1.165, 1.54) is 14.2 Å². The molecule has 0 heterocycles. The Morgan fingerprint density at radius 3 is 2.12 bits per heavy atom. The summed E-state index contributed by atoms with van der Waals surface area (Å²) in [5.74, 6) is -2.99. The second-order valence-electron chi connectivity index (χ2n) is 2.86. The Kier molecular flexibility index (Phi) is 3.34. The molecule has 86 valence electrons. The third-order valence-electron chi connectivity index (χ3n) is 1.94. The number of benzene rings is 1. The number of carbonyl (C=O) groups is 2. The van der Waals surface area contributed by atoms with Crippen molar-refractivity contribution in [3.63, 3.8) is 0 Å². The monoisotopic (exact) mass is 226 g/mol. The van der Waals surface area contributed by atoms with Crippen LogP contribution in [0.4, 0.5) is 0 Å². The molecule has 0 aromatic heterocycles. The van der Waals surface area contributed by atoms with E-state index in [0.29, 0.717) is 0 Å². The van der Waals surface area contributed by atoms with Gasteiger partial charge < -0.3 is 19.7 Å². The van der Waals surface area contributed by atoms with Gasteiger partial charge in [0.05, 0.1) is 19.8 Å². The highest BCUT2D eigenvalue weighted by atomic mass is 16.5. The van der Waals surface area contributed by atoms with E-state index in [4.69, 9.17) is 14.6 Å².